The van der Waals surface area contributed by atoms with Crippen LogP contribution in [0.1, 0.15) is 16.1 Å². The first-order valence-corrected chi connectivity index (χ1v) is 9.89. The summed E-state index contributed by atoms with van der Waals surface area (Å²) in [5.41, 5.74) is 2.11. The van der Waals surface area contributed by atoms with E-state index in [4.69, 9.17) is 19.2 Å². The summed E-state index contributed by atoms with van der Waals surface area (Å²) < 4.78 is 17.0. The van der Waals surface area contributed by atoms with Gasteiger partial charge in [-0.05, 0) is 30.3 Å². The van der Waals surface area contributed by atoms with Crippen LogP contribution in [-0.4, -0.2) is 53.4 Å². The van der Waals surface area contributed by atoms with Crippen molar-refractivity contribution < 1.29 is 18.7 Å². The van der Waals surface area contributed by atoms with Gasteiger partial charge in [0.1, 0.15) is 12.2 Å². The Balaban J connectivity index is 1.26. The lowest BCUT2D eigenvalue weighted by atomic mass is 10.1. The van der Waals surface area contributed by atoms with Crippen LogP contribution in [0.4, 0.5) is 5.95 Å². The molecule has 2 N–H and O–H groups in total. The number of furan rings is 1. The average Bonchev–Trinajstić information content (AvgIpc) is 3.55. The zero-order chi connectivity index (χ0) is 21.2. The lowest BCUT2D eigenvalue weighted by molar-refractivity contribution is 0.0646. The molecule has 0 radical (unpaired) electrons. The van der Waals surface area contributed by atoms with E-state index in [9.17, 15) is 4.79 Å². The van der Waals surface area contributed by atoms with Crippen molar-refractivity contribution in [3.05, 3.63) is 66.2 Å². The molecule has 1 aromatic carbocycles. The number of carbonyl (C=O) groups excluding carboxylic acids is 1. The average molecular weight is 417 g/mol. The fourth-order valence-corrected chi connectivity index (χ4v) is 3.90. The molecule has 4 heterocycles. The molecule has 0 unspecified atom stereocenters. The van der Waals surface area contributed by atoms with E-state index in [-0.39, 0.29) is 36.0 Å². The second-order valence-electron chi connectivity index (χ2n) is 7.36. The molecule has 2 fully saturated rings. The molecule has 0 aliphatic carbocycles. The molecule has 31 heavy (non-hydrogen) atoms. The number of nitrogens with one attached hydrogen (secondary N) is 2. The maximum absolute atomic E-state index is 12.3. The van der Waals surface area contributed by atoms with Crippen molar-refractivity contribution >= 4 is 11.9 Å². The van der Waals surface area contributed by atoms with Gasteiger partial charge in [0.2, 0.25) is 5.95 Å². The highest BCUT2D eigenvalue weighted by Gasteiger charge is 2.48. The van der Waals surface area contributed by atoms with Crippen molar-refractivity contribution in [3.63, 3.8) is 0 Å². The summed E-state index contributed by atoms with van der Waals surface area (Å²) >= 11 is 0. The van der Waals surface area contributed by atoms with Crippen molar-refractivity contribution in [1.29, 1.82) is 5.26 Å². The van der Waals surface area contributed by atoms with Crippen LogP contribution in [-0.2, 0) is 9.47 Å². The number of benzene rings is 1. The van der Waals surface area contributed by atoms with Gasteiger partial charge in [-0.1, -0.05) is 12.1 Å². The molecule has 9 nitrogen and oxygen atoms in total. The molecule has 1 amide bonds. The van der Waals surface area contributed by atoms with E-state index >= 15 is 0 Å². The van der Waals surface area contributed by atoms with Crippen LogP contribution in [0.25, 0.3) is 11.3 Å². The molecule has 2 saturated heterocycles. The van der Waals surface area contributed by atoms with Crippen LogP contribution in [0.2, 0.25) is 0 Å². The largest absolute Gasteiger partial charge is 0.459 e. The molecule has 0 bridgehead atoms. The van der Waals surface area contributed by atoms with Gasteiger partial charge in [0.15, 0.2) is 5.76 Å². The third kappa shape index (κ3) is 3.86. The summed E-state index contributed by atoms with van der Waals surface area (Å²) in [4.78, 5) is 21.1. The topological polar surface area (TPSA) is 122 Å². The molecule has 2 aliphatic heterocycles. The van der Waals surface area contributed by atoms with Crippen LogP contribution in [0.15, 0.2) is 59.3 Å². The van der Waals surface area contributed by atoms with Crippen molar-refractivity contribution in [1.82, 2.24) is 15.3 Å². The van der Waals surface area contributed by atoms with Gasteiger partial charge in [0.05, 0.1) is 48.9 Å². The molecule has 4 atom stereocenters. The first kappa shape index (κ1) is 19.2. The Labute approximate surface area is 178 Å². The highest BCUT2D eigenvalue weighted by Crippen LogP contribution is 2.29. The van der Waals surface area contributed by atoms with E-state index in [0.29, 0.717) is 30.4 Å². The number of hydrogen-bond acceptors (Lipinski definition) is 8. The van der Waals surface area contributed by atoms with E-state index < -0.39 is 0 Å². The number of anilines is 1. The van der Waals surface area contributed by atoms with Gasteiger partial charge in [-0.15, -0.1) is 0 Å². The van der Waals surface area contributed by atoms with Crippen molar-refractivity contribution in [3.8, 4) is 17.3 Å². The van der Waals surface area contributed by atoms with E-state index in [1.54, 1.807) is 36.5 Å². The molecule has 156 valence electrons. The highest BCUT2D eigenvalue weighted by molar-refractivity contribution is 5.91. The zero-order valence-electron chi connectivity index (χ0n) is 16.4. The second-order valence-corrected chi connectivity index (χ2v) is 7.36. The SMILES string of the molecule is N#Cc1cccc(-c2ccnc(N[C@H]3CO[C@H]4[C@@H]3OC[C@@H]4NC(=O)c3ccco3)n2)c1. The Kier molecular flexibility index (Phi) is 5.08. The molecule has 3 aromatic rings. The lowest BCUT2D eigenvalue weighted by Crippen LogP contribution is -2.44. The Morgan fingerprint density at radius 2 is 1.94 bits per heavy atom. The number of fused-ring (bicyclic) bond motifs is 1. The minimum atomic E-state index is -0.296. The summed E-state index contributed by atoms with van der Waals surface area (Å²) in [5, 5.41) is 15.3. The highest BCUT2D eigenvalue weighted by atomic mass is 16.6. The minimum absolute atomic E-state index is 0.156. The van der Waals surface area contributed by atoms with Gasteiger partial charge in [-0.3, -0.25) is 4.79 Å². The predicted molar refractivity (Wildman–Crippen MR) is 109 cm³/mol. The fourth-order valence-electron chi connectivity index (χ4n) is 3.90. The Morgan fingerprint density at radius 3 is 2.74 bits per heavy atom. The molecule has 2 aliphatic rings. The van der Waals surface area contributed by atoms with Crippen LogP contribution >= 0.6 is 0 Å². The Morgan fingerprint density at radius 1 is 1.10 bits per heavy atom. The van der Waals surface area contributed by atoms with Gasteiger partial charge in [-0.25, -0.2) is 9.97 Å². The van der Waals surface area contributed by atoms with E-state index in [2.05, 4.69) is 26.7 Å². The van der Waals surface area contributed by atoms with Crippen molar-refractivity contribution in [2.45, 2.75) is 24.3 Å². The fraction of sp³-hybridized carbons (Fsp3) is 0.273. The van der Waals surface area contributed by atoms with Gasteiger partial charge >= 0.3 is 0 Å². The summed E-state index contributed by atoms with van der Waals surface area (Å²) in [6.45, 7) is 0.752. The van der Waals surface area contributed by atoms with Gasteiger partial charge in [0, 0.05) is 11.8 Å². The predicted octanol–water partition coefficient (Wildman–Crippen LogP) is 1.98. The first-order valence-electron chi connectivity index (χ1n) is 9.89. The molecular weight excluding hydrogens is 398 g/mol. The van der Waals surface area contributed by atoms with E-state index in [0.717, 1.165) is 5.56 Å². The van der Waals surface area contributed by atoms with Crippen LogP contribution < -0.4 is 10.6 Å². The number of amides is 1. The number of nitriles is 1. The Bertz CT molecular complexity index is 1130. The molecule has 9 heteroatoms. The number of nitrogens with zero attached hydrogens (tertiary/aromatic N) is 3. The van der Waals surface area contributed by atoms with E-state index in [1.807, 2.05) is 12.1 Å². The van der Waals surface area contributed by atoms with Gasteiger partial charge < -0.3 is 24.5 Å². The van der Waals surface area contributed by atoms with Gasteiger partial charge in [-0.2, -0.15) is 5.26 Å². The lowest BCUT2D eigenvalue weighted by Gasteiger charge is -2.18. The van der Waals surface area contributed by atoms with Crippen molar-refractivity contribution in [2.24, 2.45) is 0 Å². The Hall–Kier alpha value is -3.74. The summed E-state index contributed by atoms with van der Waals surface area (Å²) in [6.07, 6.45) is 2.61. The molecular formula is C22H19N5O4. The van der Waals surface area contributed by atoms with Crippen LogP contribution in [0.5, 0.6) is 0 Å². The van der Waals surface area contributed by atoms with Crippen LogP contribution in [0, 0.1) is 11.3 Å². The quantitative estimate of drug-likeness (QED) is 0.646. The summed E-state index contributed by atoms with van der Waals surface area (Å²) in [6, 6.07) is 14.0. The number of carbonyl (C=O) groups is 1. The maximum Gasteiger partial charge on any atom is 0.287 e. The molecule has 2 aromatic heterocycles. The number of aromatic nitrogens is 2. The van der Waals surface area contributed by atoms with Crippen molar-refractivity contribution in [2.75, 3.05) is 18.5 Å². The number of hydrogen-bond donors (Lipinski definition) is 2. The molecule has 0 saturated carbocycles. The van der Waals surface area contributed by atoms with Crippen LogP contribution in [0.3, 0.4) is 0 Å². The normalized spacial score (nSPS) is 24.4. The second kappa shape index (κ2) is 8.18. The van der Waals surface area contributed by atoms with Gasteiger partial charge in [0.25, 0.3) is 5.91 Å². The minimum Gasteiger partial charge on any atom is -0.459 e. The third-order valence-corrected chi connectivity index (χ3v) is 5.37. The zero-order valence-corrected chi connectivity index (χ0v) is 16.4. The monoisotopic (exact) mass is 417 g/mol. The summed E-state index contributed by atoms with van der Waals surface area (Å²) in [5.74, 6) is 0.400. The maximum atomic E-state index is 12.3. The summed E-state index contributed by atoms with van der Waals surface area (Å²) in [7, 11) is 0. The first-order chi connectivity index (χ1) is 15.2. The smallest absolute Gasteiger partial charge is 0.287 e. The number of rotatable bonds is 5. The molecule has 0 spiro atoms. The van der Waals surface area contributed by atoms with E-state index in [1.165, 1.54) is 6.26 Å². The number of ether oxygens (including phenoxy) is 2. The molecule has 5 rings (SSSR count). The third-order valence-electron chi connectivity index (χ3n) is 5.37. The standard InChI is InChI=1S/C22H19N5O4/c23-10-13-3-1-4-14(9-13)15-6-7-24-22(26-15)27-17-12-31-19-16(11-30-20(17)19)25-21(28)18-5-2-8-29-18/h1-9,16-17,19-20H,11-12H2,(H,25,28)(H,24,26,27)/t16-,17-,19+,20+/m0/s1.